The van der Waals surface area contributed by atoms with Gasteiger partial charge in [-0.2, -0.15) is 0 Å². The molecule has 6 nitrogen and oxygen atoms in total. The Morgan fingerprint density at radius 2 is 2.21 bits per heavy atom. The minimum Gasteiger partial charge on any atom is -0.460 e. The molecule has 1 saturated carbocycles. The van der Waals surface area contributed by atoms with Crippen LogP contribution < -0.4 is 0 Å². The van der Waals surface area contributed by atoms with Gasteiger partial charge in [0.2, 0.25) is 0 Å². The first-order valence-electron chi connectivity index (χ1n) is 7.14. The van der Waals surface area contributed by atoms with E-state index in [0.717, 1.165) is 3.39 Å². The maximum absolute atomic E-state index is 12.3. The third-order valence-corrected chi connectivity index (χ3v) is 4.78. The first-order chi connectivity index (χ1) is 11.2. The van der Waals surface area contributed by atoms with E-state index in [0.29, 0.717) is 5.56 Å². The molecule has 0 bridgehead atoms. The number of halogens is 2. The van der Waals surface area contributed by atoms with Crippen LogP contribution in [0.15, 0.2) is 21.9 Å². The third kappa shape index (κ3) is 3.90. The maximum atomic E-state index is 12.3. The summed E-state index contributed by atoms with van der Waals surface area (Å²) in [5, 5.41) is 11.1. The first-order valence-corrected chi connectivity index (χ1v) is 8.73. The summed E-state index contributed by atoms with van der Waals surface area (Å²) in [6.07, 6.45) is 10.0. The highest BCUT2D eigenvalue weighted by Gasteiger charge is 2.61. The number of hydrogen-bond acceptors (Lipinski definition) is 4. The lowest BCUT2D eigenvalue weighted by molar-refractivity contribution is -0.385. The smallest absolute Gasteiger partial charge is 0.310 e. The van der Waals surface area contributed by atoms with Crippen molar-refractivity contribution in [3.63, 3.8) is 0 Å². The highest BCUT2D eigenvalue weighted by Crippen LogP contribution is 2.60. The normalized spacial score (nSPS) is 20.8. The van der Waals surface area contributed by atoms with Gasteiger partial charge in [0.25, 0.3) is 5.69 Å². The summed E-state index contributed by atoms with van der Waals surface area (Å²) >= 11 is 6.59. The molecule has 0 N–H and O–H groups in total. The molecule has 2 atom stereocenters. The number of nitrogens with zero attached hydrogens (tertiary/aromatic N) is 2. The van der Waals surface area contributed by atoms with E-state index in [-0.39, 0.29) is 42.1 Å². The molecule has 0 aliphatic heterocycles. The van der Waals surface area contributed by atoms with E-state index in [1.807, 2.05) is 19.9 Å². The number of hydrogen-bond donors (Lipinski definition) is 0. The summed E-state index contributed by atoms with van der Waals surface area (Å²) in [4.78, 5) is 22.9. The van der Waals surface area contributed by atoms with Gasteiger partial charge in [-0.05, 0) is 43.2 Å². The first kappa shape index (κ1) is 18.7. The van der Waals surface area contributed by atoms with Crippen molar-refractivity contribution >= 4 is 43.5 Å². The van der Waals surface area contributed by atoms with Crippen LogP contribution in [0.5, 0.6) is 0 Å². The Morgan fingerprint density at radius 1 is 1.54 bits per heavy atom. The van der Waals surface area contributed by atoms with Gasteiger partial charge in [-0.25, -0.2) is 0 Å². The van der Waals surface area contributed by atoms with E-state index in [1.54, 1.807) is 0 Å². The van der Waals surface area contributed by atoms with Crippen molar-refractivity contribution in [1.82, 2.24) is 4.57 Å². The molecule has 1 aromatic rings. The Balaban J connectivity index is 2.06. The van der Waals surface area contributed by atoms with Gasteiger partial charge >= 0.3 is 5.97 Å². The summed E-state index contributed by atoms with van der Waals surface area (Å²) in [6, 6.07) is 0. The molecule has 0 amide bonds. The molecule has 1 heterocycles. The van der Waals surface area contributed by atoms with Crippen LogP contribution in [0.4, 0.5) is 5.69 Å². The summed E-state index contributed by atoms with van der Waals surface area (Å²) in [6.45, 7) is 4.03. The van der Waals surface area contributed by atoms with Gasteiger partial charge in [-0.1, -0.05) is 25.8 Å². The second kappa shape index (κ2) is 7.11. The monoisotopic (exact) mass is 458 g/mol. The Kier molecular flexibility index (Phi) is 5.56. The van der Waals surface area contributed by atoms with E-state index < -0.39 is 4.92 Å². The van der Waals surface area contributed by atoms with Crippen molar-refractivity contribution in [2.75, 3.05) is 0 Å². The van der Waals surface area contributed by atoms with E-state index in [9.17, 15) is 14.9 Å². The number of carbonyl (C=O) groups excluding carboxylic acids is 1. The van der Waals surface area contributed by atoms with Gasteiger partial charge in [0.15, 0.2) is 0 Å². The minimum atomic E-state index is -0.509. The van der Waals surface area contributed by atoms with Crippen molar-refractivity contribution in [3.05, 3.63) is 37.5 Å². The molecule has 2 rings (SSSR count). The number of carbonyl (C=O) groups is 1. The maximum Gasteiger partial charge on any atom is 0.310 e. The van der Waals surface area contributed by atoms with Gasteiger partial charge in [-0.15, -0.1) is 6.42 Å². The molecule has 24 heavy (non-hydrogen) atoms. The van der Waals surface area contributed by atoms with Crippen LogP contribution in [0.3, 0.4) is 0 Å². The second-order valence-corrected chi connectivity index (χ2v) is 8.96. The van der Waals surface area contributed by atoms with Crippen LogP contribution in [-0.4, -0.2) is 15.5 Å². The van der Waals surface area contributed by atoms with Crippen molar-refractivity contribution in [3.8, 4) is 12.3 Å². The lowest BCUT2D eigenvalue weighted by Gasteiger charge is -2.04. The molecule has 0 saturated heterocycles. The van der Waals surface area contributed by atoms with Crippen molar-refractivity contribution < 1.29 is 14.5 Å². The van der Waals surface area contributed by atoms with Gasteiger partial charge < -0.3 is 9.30 Å². The van der Waals surface area contributed by atoms with E-state index in [4.69, 9.17) is 11.2 Å². The van der Waals surface area contributed by atoms with Crippen LogP contribution in [0, 0.1) is 39.7 Å². The molecule has 0 radical (unpaired) electrons. The minimum absolute atomic E-state index is 0.0553. The van der Waals surface area contributed by atoms with E-state index in [1.165, 1.54) is 17.0 Å². The molecule has 128 valence electrons. The number of esters is 1. The predicted molar refractivity (Wildman–Crippen MR) is 96.4 cm³/mol. The molecular formula is C16H16Br2N2O4. The van der Waals surface area contributed by atoms with Gasteiger partial charge in [0.05, 0.1) is 32.5 Å². The lowest BCUT2D eigenvalue weighted by Crippen LogP contribution is -2.11. The van der Waals surface area contributed by atoms with E-state index in [2.05, 4.69) is 37.8 Å². The Labute approximate surface area is 156 Å². The van der Waals surface area contributed by atoms with Crippen molar-refractivity contribution in [2.45, 2.75) is 27.0 Å². The highest BCUT2D eigenvalue weighted by atomic mass is 79.9. The molecular weight excluding hydrogens is 444 g/mol. The van der Waals surface area contributed by atoms with Gasteiger partial charge in [0.1, 0.15) is 6.61 Å². The second-order valence-electron chi connectivity index (χ2n) is 6.19. The molecule has 0 unspecified atom stereocenters. The predicted octanol–water partition coefficient (Wildman–Crippen LogP) is 3.98. The van der Waals surface area contributed by atoms with Crippen molar-refractivity contribution in [1.29, 1.82) is 0 Å². The summed E-state index contributed by atoms with van der Waals surface area (Å²) in [5.74, 6) is 1.84. The number of terminal acetylenes is 1. The summed E-state index contributed by atoms with van der Waals surface area (Å²) in [5.41, 5.74) is 0.0224. The fourth-order valence-electron chi connectivity index (χ4n) is 2.83. The van der Waals surface area contributed by atoms with Gasteiger partial charge in [-0.3, -0.25) is 14.9 Å². The number of aromatic nitrogens is 1. The van der Waals surface area contributed by atoms with Crippen LogP contribution in [0.25, 0.3) is 0 Å². The zero-order valence-electron chi connectivity index (χ0n) is 13.2. The number of ether oxygens (including phenoxy) is 1. The fraction of sp³-hybridized carbons (Fsp3) is 0.438. The highest BCUT2D eigenvalue weighted by molar-refractivity contribution is 9.28. The Morgan fingerprint density at radius 3 is 2.75 bits per heavy atom. The average molecular weight is 460 g/mol. The molecule has 0 aromatic carbocycles. The van der Waals surface area contributed by atoms with Gasteiger partial charge in [0, 0.05) is 6.20 Å². The zero-order chi connectivity index (χ0) is 18.1. The SMILES string of the molecule is C#CCn1cc(COC(=O)[C@H]2[C@@H](C=C(Br)Br)C2(C)C)c([N+](=O)[O-])c1. The quantitative estimate of drug-likeness (QED) is 0.279. The third-order valence-electron chi connectivity index (χ3n) is 4.25. The molecule has 1 aliphatic carbocycles. The number of rotatable bonds is 6. The van der Waals surface area contributed by atoms with Crippen LogP contribution >= 0.6 is 31.9 Å². The van der Waals surface area contributed by atoms with Crippen LogP contribution in [-0.2, 0) is 22.7 Å². The van der Waals surface area contributed by atoms with Crippen molar-refractivity contribution in [2.24, 2.45) is 17.3 Å². The summed E-state index contributed by atoms with van der Waals surface area (Å²) in [7, 11) is 0. The van der Waals surface area contributed by atoms with Crippen LogP contribution in [0.1, 0.15) is 19.4 Å². The lowest BCUT2D eigenvalue weighted by atomic mass is 10.1. The topological polar surface area (TPSA) is 74.4 Å². The summed E-state index contributed by atoms with van der Waals surface area (Å²) < 4.78 is 7.62. The Hall–Kier alpha value is -1.59. The van der Waals surface area contributed by atoms with Crippen LogP contribution in [0.2, 0.25) is 0 Å². The van der Waals surface area contributed by atoms with E-state index >= 15 is 0 Å². The molecule has 0 spiro atoms. The number of allylic oxidation sites excluding steroid dienone is 1. The average Bonchev–Trinajstić information content (AvgIpc) is 2.82. The fourth-order valence-corrected chi connectivity index (χ4v) is 3.40. The molecule has 8 heteroatoms. The number of nitro groups is 1. The molecule has 1 fully saturated rings. The largest absolute Gasteiger partial charge is 0.460 e. The standard InChI is InChI=1S/C16H16Br2N2O4/c1-4-5-19-7-10(12(8-19)20(22)23)9-24-15(21)14-11(6-13(17)18)16(14,2)3/h1,6-8,11,14H,5,9H2,2-3H3/t11-,14-/m1/s1. The molecule has 1 aliphatic rings. The molecule has 1 aromatic heterocycles. The zero-order valence-corrected chi connectivity index (χ0v) is 16.3. The Bertz CT molecular complexity index is 742.